The molecule has 17 heavy (non-hydrogen) atoms. The summed E-state index contributed by atoms with van der Waals surface area (Å²) in [6.07, 6.45) is 5.75. The third-order valence-electron chi connectivity index (χ3n) is 2.91. The van der Waals surface area contributed by atoms with Gasteiger partial charge in [0.2, 0.25) is 0 Å². The minimum atomic E-state index is 0.748. The van der Waals surface area contributed by atoms with E-state index < -0.39 is 0 Å². The number of rotatable bonds is 6. The highest BCUT2D eigenvalue weighted by Crippen LogP contribution is 2.24. The summed E-state index contributed by atoms with van der Waals surface area (Å²) in [5.74, 6) is 0. The third kappa shape index (κ3) is 3.27. The van der Waals surface area contributed by atoms with Crippen LogP contribution in [0, 0.1) is 0 Å². The second-order valence-corrected chi connectivity index (χ2v) is 5.52. The molecule has 0 amide bonds. The van der Waals surface area contributed by atoms with Gasteiger partial charge in [-0.3, -0.25) is 0 Å². The summed E-state index contributed by atoms with van der Waals surface area (Å²) < 4.78 is 1.32. The van der Waals surface area contributed by atoms with E-state index in [9.17, 15) is 0 Å². The highest BCUT2D eigenvalue weighted by Gasteiger charge is 2.04. The molecule has 1 aromatic heterocycles. The second-order valence-electron chi connectivity index (χ2n) is 4.41. The lowest BCUT2D eigenvalue weighted by Gasteiger charge is -1.98. The smallest absolute Gasteiger partial charge is 0.0939 e. The maximum Gasteiger partial charge on any atom is 0.0939 e. The van der Waals surface area contributed by atoms with Crippen molar-refractivity contribution in [3.05, 3.63) is 28.8 Å². The number of aromatic nitrogens is 1. The fraction of sp³-hybridized carbons (Fsp3) is 0.500. The Kier molecular flexibility index (Phi) is 4.51. The van der Waals surface area contributed by atoms with E-state index in [4.69, 9.17) is 5.73 Å². The molecular formula is C14H20N2S. The van der Waals surface area contributed by atoms with Gasteiger partial charge in [-0.25, -0.2) is 4.98 Å². The van der Waals surface area contributed by atoms with E-state index in [1.165, 1.54) is 34.5 Å². The third-order valence-corrected chi connectivity index (χ3v) is 3.99. The molecule has 0 aliphatic rings. The second kappa shape index (κ2) is 6.12. The summed E-state index contributed by atoms with van der Waals surface area (Å²) in [5.41, 5.74) is 8.11. The molecule has 0 fully saturated rings. The van der Waals surface area contributed by atoms with Crippen LogP contribution in [-0.4, -0.2) is 11.5 Å². The lowest BCUT2D eigenvalue weighted by atomic mass is 10.1. The van der Waals surface area contributed by atoms with Gasteiger partial charge in [-0.2, -0.15) is 0 Å². The van der Waals surface area contributed by atoms with Gasteiger partial charge in [0, 0.05) is 6.42 Å². The molecule has 1 heterocycles. The summed E-state index contributed by atoms with van der Waals surface area (Å²) in [4.78, 5) is 4.63. The van der Waals surface area contributed by atoms with Crippen LogP contribution >= 0.6 is 11.3 Å². The van der Waals surface area contributed by atoms with Gasteiger partial charge in [-0.15, -0.1) is 11.3 Å². The summed E-state index contributed by atoms with van der Waals surface area (Å²) in [6, 6.07) is 6.67. The van der Waals surface area contributed by atoms with Crippen molar-refractivity contribution in [3.63, 3.8) is 0 Å². The molecule has 2 rings (SSSR count). The first-order chi connectivity index (χ1) is 8.33. The Hall–Kier alpha value is -0.930. The number of nitrogens with two attached hydrogens (primary N) is 1. The minimum Gasteiger partial charge on any atom is -0.330 e. The quantitative estimate of drug-likeness (QED) is 0.849. The first-order valence-electron chi connectivity index (χ1n) is 6.42. The van der Waals surface area contributed by atoms with Crippen molar-refractivity contribution in [1.29, 1.82) is 0 Å². The van der Waals surface area contributed by atoms with Gasteiger partial charge in [-0.1, -0.05) is 19.4 Å². The SMILES string of the molecule is CCCCc1ccc2nc(CCCN)sc2c1. The van der Waals surface area contributed by atoms with Crippen LogP contribution < -0.4 is 5.73 Å². The van der Waals surface area contributed by atoms with E-state index in [2.05, 4.69) is 30.1 Å². The van der Waals surface area contributed by atoms with Crippen LogP contribution in [0.2, 0.25) is 0 Å². The maximum absolute atomic E-state index is 5.53. The lowest BCUT2D eigenvalue weighted by molar-refractivity contribution is 0.796. The molecule has 0 unspecified atom stereocenters. The van der Waals surface area contributed by atoms with Gasteiger partial charge >= 0.3 is 0 Å². The number of unbranched alkanes of at least 4 members (excludes halogenated alkanes) is 1. The van der Waals surface area contributed by atoms with E-state index in [1.807, 2.05) is 11.3 Å². The van der Waals surface area contributed by atoms with Crippen molar-refractivity contribution in [1.82, 2.24) is 4.98 Å². The van der Waals surface area contributed by atoms with Crippen LogP contribution in [0.15, 0.2) is 18.2 Å². The monoisotopic (exact) mass is 248 g/mol. The summed E-state index contributed by atoms with van der Waals surface area (Å²) in [7, 11) is 0. The van der Waals surface area contributed by atoms with E-state index in [-0.39, 0.29) is 0 Å². The summed E-state index contributed by atoms with van der Waals surface area (Å²) in [5, 5.41) is 1.22. The predicted molar refractivity (Wildman–Crippen MR) is 75.6 cm³/mol. The molecule has 3 heteroatoms. The molecular weight excluding hydrogens is 228 g/mol. The van der Waals surface area contributed by atoms with Crippen molar-refractivity contribution in [2.75, 3.05) is 6.54 Å². The molecule has 0 spiro atoms. The van der Waals surface area contributed by atoms with Crippen molar-refractivity contribution in [2.45, 2.75) is 39.0 Å². The first kappa shape index (κ1) is 12.5. The highest BCUT2D eigenvalue weighted by atomic mass is 32.1. The van der Waals surface area contributed by atoms with E-state index in [0.717, 1.165) is 24.9 Å². The molecule has 2 nitrogen and oxygen atoms in total. The molecule has 2 N–H and O–H groups in total. The number of hydrogen-bond acceptors (Lipinski definition) is 3. The van der Waals surface area contributed by atoms with E-state index in [1.54, 1.807) is 0 Å². The zero-order chi connectivity index (χ0) is 12.1. The van der Waals surface area contributed by atoms with Crippen LogP contribution in [0.5, 0.6) is 0 Å². The number of benzene rings is 1. The van der Waals surface area contributed by atoms with E-state index in [0.29, 0.717) is 0 Å². The van der Waals surface area contributed by atoms with Gasteiger partial charge < -0.3 is 5.73 Å². The average Bonchev–Trinajstić information content (AvgIpc) is 2.75. The van der Waals surface area contributed by atoms with E-state index >= 15 is 0 Å². The molecule has 0 bridgehead atoms. The zero-order valence-electron chi connectivity index (χ0n) is 10.4. The van der Waals surface area contributed by atoms with Crippen LogP contribution in [-0.2, 0) is 12.8 Å². The largest absolute Gasteiger partial charge is 0.330 e. The molecule has 0 atom stereocenters. The highest BCUT2D eigenvalue weighted by molar-refractivity contribution is 7.18. The standard InChI is InChI=1S/C14H20N2S/c1-2-3-5-11-7-8-12-13(10-11)17-14(16-12)6-4-9-15/h7-8,10H,2-6,9,15H2,1H3. The van der Waals surface area contributed by atoms with Gasteiger partial charge in [0.25, 0.3) is 0 Å². The fourth-order valence-electron chi connectivity index (χ4n) is 1.91. The van der Waals surface area contributed by atoms with Gasteiger partial charge in [0.1, 0.15) is 0 Å². The summed E-state index contributed by atoms with van der Waals surface area (Å²) in [6.45, 7) is 2.98. The van der Waals surface area contributed by atoms with Gasteiger partial charge in [0.15, 0.2) is 0 Å². The minimum absolute atomic E-state index is 0.748. The van der Waals surface area contributed by atoms with Gasteiger partial charge in [-0.05, 0) is 43.5 Å². The maximum atomic E-state index is 5.53. The first-order valence-corrected chi connectivity index (χ1v) is 7.23. The van der Waals surface area contributed by atoms with Crippen LogP contribution in [0.25, 0.3) is 10.2 Å². The van der Waals surface area contributed by atoms with Crippen LogP contribution in [0.3, 0.4) is 0 Å². The van der Waals surface area contributed by atoms with Gasteiger partial charge in [0.05, 0.1) is 15.2 Å². The fourth-order valence-corrected chi connectivity index (χ4v) is 2.99. The lowest BCUT2D eigenvalue weighted by Crippen LogP contribution is -1.99. The molecule has 0 radical (unpaired) electrons. The number of hydrogen-bond donors (Lipinski definition) is 1. The Bertz CT molecular complexity index is 470. The number of thiazole rings is 1. The molecule has 1 aromatic carbocycles. The Morgan fingerprint density at radius 1 is 1.24 bits per heavy atom. The van der Waals surface area contributed by atoms with Crippen molar-refractivity contribution < 1.29 is 0 Å². The predicted octanol–water partition coefficient (Wildman–Crippen LogP) is 3.53. The Labute approximate surface area is 107 Å². The average molecular weight is 248 g/mol. The molecule has 0 saturated carbocycles. The molecule has 92 valence electrons. The Balaban J connectivity index is 2.15. The van der Waals surface area contributed by atoms with Crippen molar-refractivity contribution in [2.24, 2.45) is 5.73 Å². The summed E-state index contributed by atoms with van der Waals surface area (Å²) >= 11 is 1.82. The number of fused-ring (bicyclic) bond motifs is 1. The number of aryl methyl sites for hydroxylation is 2. The van der Waals surface area contributed by atoms with Crippen molar-refractivity contribution >= 4 is 21.6 Å². The van der Waals surface area contributed by atoms with Crippen molar-refractivity contribution in [3.8, 4) is 0 Å². The molecule has 0 saturated heterocycles. The van der Waals surface area contributed by atoms with Crippen LogP contribution in [0.1, 0.15) is 36.8 Å². The Morgan fingerprint density at radius 3 is 2.88 bits per heavy atom. The Morgan fingerprint density at radius 2 is 2.12 bits per heavy atom. The zero-order valence-corrected chi connectivity index (χ0v) is 11.2. The number of nitrogens with zero attached hydrogens (tertiary/aromatic N) is 1. The molecule has 0 aliphatic carbocycles. The topological polar surface area (TPSA) is 38.9 Å². The molecule has 2 aromatic rings. The normalized spacial score (nSPS) is 11.2. The van der Waals surface area contributed by atoms with Crippen LogP contribution in [0.4, 0.5) is 0 Å². The molecule has 0 aliphatic heterocycles.